The van der Waals surface area contributed by atoms with E-state index in [2.05, 4.69) is 12.2 Å². The Balaban J connectivity index is 2.55. The quantitative estimate of drug-likeness (QED) is 0.549. The first-order valence-corrected chi connectivity index (χ1v) is 3.56. The highest BCUT2D eigenvalue weighted by Crippen LogP contribution is 2.12. The molecule has 1 fully saturated rings. The van der Waals surface area contributed by atoms with E-state index < -0.39 is 0 Å². The average molecular weight is 126 g/mol. The molecule has 0 aromatic heterocycles. The van der Waals surface area contributed by atoms with Gasteiger partial charge in [0.2, 0.25) is 0 Å². The van der Waals surface area contributed by atoms with Crippen molar-refractivity contribution in [3.05, 3.63) is 11.4 Å². The maximum Gasteiger partial charge on any atom is 0.0298 e. The van der Waals surface area contributed by atoms with Gasteiger partial charge in [-0.2, -0.15) is 0 Å². The zero-order valence-electron chi connectivity index (χ0n) is 5.91. The van der Waals surface area contributed by atoms with E-state index >= 15 is 0 Å². The standard InChI is InChI=1S/C7H14N2/c1-2-6(8)7-4-3-5-9-7/h9H,2-5,8H2,1H3/b7-6-. The number of nitrogens with one attached hydrogen (secondary N) is 1. The van der Waals surface area contributed by atoms with Crippen LogP contribution >= 0.6 is 0 Å². The van der Waals surface area contributed by atoms with Gasteiger partial charge in [-0.15, -0.1) is 0 Å². The molecule has 0 amide bonds. The third-order valence-corrected chi connectivity index (χ3v) is 1.71. The van der Waals surface area contributed by atoms with E-state index in [1.54, 1.807) is 0 Å². The third kappa shape index (κ3) is 1.37. The van der Waals surface area contributed by atoms with E-state index in [1.165, 1.54) is 12.1 Å². The van der Waals surface area contributed by atoms with Crippen molar-refractivity contribution in [1.29, 1.82) is 0 Å². The Hall–Kier alpha value is -0.660. The molecule has 1 aliphatic heterocycles. The van der Waals surface area contributed by atoms with Crippen LogP contribution < -0.4 is 11.1 Å². The van der Waals surface area contributed by atoms with Crippen LogP contribution in [0.3, 0.4) is 0 Å². The monoisotopic (exact) mass is 126 g/mol. The van der Waals surface area contributed by atoms with Crippen LogP contribution in [-0.2, 0) is 0 Å². The van der Waals surface area contributed by atoms with Crippen molar-refractivity contribution >= 4 is 0 Å². The molecule has 52 valence electrons. The molecule has 2 nitrogen and oxygen atoms in total. The number of hydrogen-bond donors (Lipinski definition) is 2. The molecule has 9 heavy (non-hydrogen) atoms. The SMILES string of the molecule is CC/C(N)=C1\CCCN1. The summed E-state index contributed by atoms with van der Waals surface area (Å²) in [7, 11) is 0. The Morgan fingerprint density at radius 3 is 3.00 bits per heavy atom. The van der Waals surface area contributed by atoms with Gasteiger partial charge < -0.3 is 11.1 Å². The van der Waals surface area contributed by atoms with Gasteiger partial charge in [-0.3, -0.25) is 0 Å². The lowest BCUT2D eigenvalue weighted by Gasteiger charge is -2.02. The molecule has 0 saturated carbocycles. The molecule has 1 rings (SSSR count). The first-order chi connectivity index (χ1) is 4.34. The van der Waals surface area contributed by atoms with Gasteiger partial charge in [-0.25, -0.2) is 0 Å². The van der Waals surface area contributed by atoms with Crippen molar-refractivity contribution in [3.8, 4) is 0 Å². The van der Waals surface area contributed by atoms with E-state index in [-0.39, 0.29) is 0 Å². The molecule has 0 aromatic rings. The Morgan fingerprint density at radius 2 is 2.56 bits per heavy atom. The maximum absolute atomic E-state index is 5.70. The summed E-state index contributed by atoms with van der Waals surface area (Å²) in [5, 5.41) is 3.26. The molecule has 0 atom stereocenters. The molecule has 0 aliphatic carbocycles. The molecular weight excluding hydrogens is 112 g/mol. The molecule has 0 radical (unpaired) electrons. The van der Waals surface area contributed by atoms with Gasteiger partial charge in [-0.05, 0) is 19.3 Å². The van der Waals surface area contributed by atoms with Gasteiger partial charge in [0.05, 0.1) is 0 Å². The van der Waals surface area contributed by atoms with Crippen molar-refractivity contribution in [3.63, 3.8) is 0 Å². The zero-order valence-corrected chi connectivity index (χ0v) is 5.91. The fraction of sp³-hybridized carbons (Fsp3) is 0.714. The predicted molar refractivity (Wildman–Crippen MR) is 38.7 cm³/mol. The lowest BCUT2D eigenvalue weighted by Crippen LogP contribution is -2.10. The highest BCUT2D eigenvalue weighted by atomic mass is 14.9. The summed E-state index contributed by atoms with van der Waals surface area (Å²) in [6.07, 6.45) is 3.37. The Kier molecular flexibility index (Phi) is 1.98. The molecule has 1 aliphatic rings. The van der Waals surface area contributed by atoms with Gasteiger partial charge >= 0.3 is 0 Å². The minimum Gasteiger partial charge on any atom is -0.401 e. The Labute approximate surface area is 56.1 Å². The summed E-state index contributed by atoms with van der Waals surface area (Å²) in [5.74, 6) is 0. The smallest absolute Gasteiger partial charge is 0.0298 e. The van der Waals surface area contributed by atoms with E-state index in [0.29, 0.717) is 0 Å². The summed E-state index contributed by atoms with van der Waals surface area (Å²) >= 11 is 0. The van der Waals surface area contributed by atoms with Crippen LogP contribution in [0.25, 0.3) is 0 Å². The van der Waals surface area contributed by atoms with Crippen molar-refractivity contribution in [2.24, 2.45) is 5.73 Å². The lowest BCUT2D eigenvalue weighted by molar-refractivity contribution is 0.888. The van der Waals surface area contributed by atoms with Gasteiger partial charge in [0.1, 0.15) is 0 Å². The van der Waals surface area contributed by atoms with E-state index in [0.717, 1.165) is 25.1 Å². The maximum atomic E-state index is 5.70. The van der Waals surface area contributed by atoms with Crippen LogP contribution in [0.2, 0.25) is 0 Å². The molecule has 0 spiro atoms. The fourth-order valence-corrected chi connectivity index (χ4v) is 1.08. The average Bonchev–Trinajstić information content (AvgIpc) is 2.37. The molecule has 1 saturated heterocycles. The van der Waals surface area contributed by atoms with Gasteiger partial charge in [0, 0.05) is 17.9 Å². The fourth-order valence-electron chi connectivity index (χ4n) is 1.08. The van der Waals surface area contributed by atoms with Crippen LogP contribution in [0, 0.1) is 0 Å². The van der Waals surface area contributed by atoms with Crippen LogP contribution in [0.4, 0.5) is 0 Å². The highest BCUT2D eigenvalue weighted by molar-refractivity contribution is 5.11. The molecule has 0 bridgehead atoms. The first kappa shape index (κ1) is 6.46. The minimum absolute atomic E-state index is 0.975. The summed E-state index contributed by atoms with van der Waals surface area (Å²) in [6.45, 7) is 3.19. The molecule has 3 N–H and O–H groups in total. The van der Waals surface area contributed by atoms with E-state index in [1.807, 2.05) is 0 Å². The van der Waals surface area contributed by atoms with E-state index in [4.69, 9.17) is 5.73 Å². The zero-order chi connectivity index (χ0) is 6.69. The minimum atomic E-state index is 0.975. The van der Waals surface area contributed by atoms with Gasteiger partial charge in [0.15, 0.2) is 0 Å². The van der Waals surface area contributed by atoms with Crippen LogP contribution in [-0.4, -0.2) is 6.54 Å². The molecule has 0 unspecified atom stereocenters. The second kappa shape index (κ2) is 2.76. The summed E-state index contributed by atoms with van der Waals surface area (Å²) < 4.78 is 0. The molecule has 2 heteroatoms. The van der Waals surface area contributed by atoms with Crippen LogP contribution in [0.15, 0.2) is 11.4 Å². The molecule has 0 aromatic carbocycles. The predicted octanol–water partition coefficient (Wildman–Crippen LogP) is 0.950. The van der Waals surface area contributed by atoms with Crippen molar-refractivity contribution < 1.29 is 0 Å². The first-order valence-electron chi connectivity index (χ1n) is 3.56. The van der Waals surface area contributed by atoms with Gasteiger partial charge in [-0.1, -0.05) is 6.92 Å². The Morgan fingerprint density at radius 1 is 1.78 bits per heavy atom. The van der Waals surface area contributed by atoms with E-state index in [9.17, 15) is 0 Å². The number of nitrogens with two attached hydrogens (primary N) is 1. The second-order valence-corrected chi connectivity index (χ2v) is 2.39. The molecular formula is C7H14N2. The van der Waals surface area contributed by atoms with Crippen molar-refractivity contribution in [2.75, 3.05) is 6.54 Å². The highest BCUT2D eigenvalue weighted by Gasteiger charge is 2.07. The normalized spacial score (nSPS) is 23.7. The summed E-state index contributed by atoms with van der Waals surface area (Å²) in [4.78, 5) is 0. The van der Waals surface area contributed by atoms with Crippen LogP contribution in [0.1, 0.15) is 26.2 Å². The summed E-state index contributed by atoms with van der Waals surface area (Å²) in [5.41, 5.74) is 8.01. The van der Waals surface area contributed by atoms with Crippen LogP contribution in [0.5, 0.6) is 0 Å². The second-order valence-electron chi connectivity index (χ2n) is 2.39. The van der Waals surface area contributed by atoms with Crippen molar-refractivity contribution in [1.82, 2.24) is 5.32 Å². The number of rotatable bonds is 1. The van der Waals surface area contributed by atoms with Gasteiger partial charge in [0.25, 0.3) is 0 Å². The molecule has 1 heterocycles. The topological polar surface area (TPSA) is 38.0 Å². The Bertz CT molecular complexity index is 119. The lowest BCUT2D eigenvalue weighted by atomic mass is 10.2. The number of allylic oxidation sites excluding steroid dienone is 2. The largest absolute Gasteiger partial charge is 0.401 e. The third-order valence-electron chi connectivity index (χ3n) is 1.71. The summed E-state index contributed by atoms with van der Waals surface area (Å²) in [6, 6.07) is 0. The van der Waals surface area contributed by atoms with Crippen molar-refractivity contribution in [2.45, 2.75) is 26.2 Å². The number of hydrogen-bond acceptors (Lipinski definition) is 2.